The Balaban J connectivity index is 2.21. The van der Waals surface area contributed by atoms with Crippen molar-refractivity contribution < 1.29 is 14.3 Å². The maximum absolute atomic E-state index is 13.6. The van der Waals surface area contributed by atoms with Gasteiger partial charge in [-0.1, -0.05) is 33.2 Å². The van der Waals surface area contributed by atoms with Crippen LogP contribution in [0.25, 0.3) is 0 Å². The van der Waals surface area contributed by atoms with Gasteiger partial charge in [-0.2, -0.15) is 0 Å². The topological polar surface area (TPSA) is 41.8 Å². The van der Waals surface area contributed by atoms with Gasteiger partial charge in [-0.05, 0) is 37.3 Å². The van der Waals surface area contributed by atoms with Gasteiger partial charge in [-0.3, -0.25) is 0 Å². The van der Waals surface area contributed by atoms with Crippen LogP contribution in [0.5, 0.6) is 5.75 Å². The molecule has 2 aromatic carbocycles. The molecule has 0 fully saturated rings. The molecule has 2 rings (SSSR count). The molecule has 3 nitrogen and oxygen atoms in total. The quantitative estimate of drug-likeness (QED) is 0.511. The molecule has 0 unspecified atom stereocenters. The lowest BCUT2D eigenvalue weighted by Crippen LogP contribution is -2.03. The van der Waals surface area contributed by atoms with E-state index in [1.807, 2.05) is 6.07 Å². The van der Waals surface area contributed by atoms with Gasteiger partial charge in [0, 0.05) is 15.6 Å². The third-order valence-corrected chi connectivity index (χ3v) is 3.31. The molecule has 5 heteroatoms. The number of halogens is 2. The summed E-state index contributed by atoms with van der Waals surface area (Å²) in [6.07, 6.45) is 0. The standard InChI is InChI=1S/C15H13BrFNO2/c1-10(18-19)13-4-2-3-5-15(13)20-9-11-8-12(16)6-7-14(11)17/h2-8,19H,9H2,1H3/b18-10+. The number of rotatable bonds is 4. The minimum absolute atomic E-state index is 0.0982. The van der Waals surface area contributed by atoms with Gasteiger partial charge >= 0.3 is 0 Å². The van der Waals surface area contributed by atoms with Crippen molar-refractivity contribution in [2.45, 2.75) is 13.5 Å². The Bertz CT molecular complexity index is 644. The van der Waals surface area contributed by atoms with Crippen LogP contribution >= 0.6 is 15.9 Å². The van der Waals surface area contributed by atoms with E-state index >= 15 is 0 Å². The van der Waals surface area contributed by atoms with Crippen LogP contribution in [0.1, 0.15) is 18.1 Å². The van der Waals surface area contributed by atoms with Gasteiger partial charge in [0.25, 0.3) is 0 Å². The number of para-hydroxylation sites is 1. The molecule has 1 N–H and O–H groups in total. The van der Waals surface area contributed by atoms with Crippen LogP contribution < -0.4 is 4.74 Å². The Morgan fingerprint density at radius 2 is 2.05 bits per heavy atom. The molecule has 0 amide bonds. The third-order valence-electron chi connectivity index (χ3n) is 2.82. The number of benzene rings is 2. The lowest BCUT2D eigenvalue weighted by atomic mass is 10.1. The lowest BCUT2D eigenvalue weighted by Gasteiger charge is -2.11. The Morgan fingerprint density at radius 3 is 2.80 bits per heavy atom. The van der Waals surface area contributed by atoms with Crippen LogP contribution in [0.2, 0.25) is 0 Å². The number of nitrogens with zero attached hydrogens (tertiary/aromatic N) is 1. The van der Waals surface area contributed by atoms with Crippen LogP contribution in [-0.2, 0) is 6.61 Å². The molecule has 20 heavy (non-hydrogen) atoms. The molecular formula is C15H13BrFNO2. The molecule has 0 aromatic heterocycles. The maximum atomic E-state index is 13.6. The fourth-order valence-corrected chi connectivity index (χ4v) is 2.16. The molecule has 0 atom stereocenters. The minimum atomic E-state index is -0.321. The fourth-order valence-electron chi connectivity index (χ4n) is 1.75. The molecule has 0 radical (unpaired) electrons. The Kier molecular flexibility index (Phi) is 4.74. The van der Waals surface area contributed by atoms with Gasteiger partial charge in [0.1, 0.15) is 18.2 Å². The van der Waals surface area contributed by atoms with Crippen LogP contribution in [0, 0.1) is 5.82 Å². The number of hydrogen-bond donors (Lipinski definition) is 1. The maximum Gasteiger partial charge on any atom is 0.129 e. The van der Waals surface area contributed by atoms with E-state index in [4.69, 9.17) is 9.94 Å². The lowest BCUT2D eigenvalue weighted by molar-refractivity contribution is 0.297. The van der Waals surface area contributed by atoms with Crippen molar-refractivity contribution in [3.05, 3.63) is 63.9 Å². The average Bonchev–Trinajstić information content (AvgIpc) is 2.47. The van der Waals surface area contributed by atoms with Crippen molar-refractivity contribution in [3.63, 3.8) is 0 Å². The van der Waals surface area contributed by atoms with E-state index in [0.29, 0.717) is 22.6 Å². The summed E-state index contributed by atoms with van der Waals surface area (Å²) in [7, 11) is 0. The first-order chi connectivity index (χ1) is 9.61. The average molecular weight is 338 g/mol. The second-order valence-electron chi connectivity index (χ2n) is 4.21. The zero-order chi connectivity index (χ0) is 14.5. The first-order valence-corrected chi connectivity index (χ1v) is 6.76. The highest BCUT2D eigenvalue weighted by Gasteiger charge is 2.09. The Labute approximate surface area is 124 Å². The van der Waals surface area contributed by atoms with Crippen molar-refractivity contribution in [2.24, 2.45) is 5.16 Å². The van der Waals surface area contributed by atoms with Gasteiger partial charge in [0.2, 0.25) is 0 Å². The summed E-state index contributed by atoms with van der Waals surface area (Å²) >= 11 is 3.30. The first kappa shape index (κ1) is 14.5. The van der Waals surface area contributed by atoms with E-state index in [9.17, 15) is 4.39 Å². The summed E-state index contributed by atoms with van der Waals surface area (Å²) in [6.45, 7) is 1.77. The van der Waals surface area contributed by atoms with Gasteiger partial charge in [-0.15, -0.1) is 0 Å². The Hall–Kier alpha value is -1.88. The summed E-state index contributed by atoms with van der Waals surface area (Å²) in [4.78, 5) is 0. The van der Waals surface area contributed by atoms with E-state index in [-0.39, 0.29) is 12.4 Å². The predicted octanol–water partition coefficient (Wildman–Crippen LogP) is 4.37. The molecule has 104 valence electrons. The second-order valence-corrected chi connectivity index (χ2v) is 5.12. The zero-order valence-electron chi connectivity index (χ0n) is 10.8. The van der Waals surface area contributed by atoms with Gasteiger partial charge in [0.05, 0.1) is 5.71 Å². The molecule has 0 aliphatic rings. The fraction of sp³-hybridized carbons (Fsp3) is 0.133. The van der Waals surface area contributed by atoms with Crippen molar-refractivity contribution in [1.29, 1.82) is 0 Å². The molecule has 0 aliphatic carbocycles. The molecule has 0 bridgehead atoms. The normalized spacial score (nSPS) is 11.4. The largest absolute Gasteiger partial charge is 0.488 e. The van der Waals surface area contributed by atoms with Crippen LogP contribution in [-0.4, -0.2) is 10.9 Å². The summed E-state index contributed by atoms with van der Waals surface area (Å²) in [5.41, 5.74) is 1.56. The van der Waals surface area contributed by atoms with Crippen molar-refractivity contribution >= 4 is 21.6 Å². The summed E-state index contributed by atoms with van der Waals surface area (Å²) < 4.78 is 20.1. The molecule has 0 aliphatic heterocycles. The van der Waals surface area contributed by atoms with Crippen molar-refractivity contribution in [3.8, 4) is 5.75 Å². The summed E-state index contributed by atoms with van der Waals surface area (Å²) in [5, 5.41) is 12.0. The van der Waals surface area contributed by atoms with Crippen molar-refractivity contribution in [2.75, 3.05) is 0 Å². The summed E-state index contributed by atoms with van der Waals surface area (Å²) in [5.74, 6) is 0.223. The van der Waals surface area contributed by atoms with Crippen molar-refractivity contribution in [1.82, 2.24) is 0 Å². The molecule has 0 spiro atoms. The SMILES string of the molecule is C/C(=N\O)c1ccccc1OCc1cc(Br)ccc1F. The van der Waals surface area contributed by atoms with E-state index < -0.39 is 0 Å². The van der Waals surface area contributed by atoms with E-state index in [2.05, 4.69) is 21.1 Å². The molecule has 2 aromatic rings. The second kappa shape index (κ2) is 6.52. The predicted molar refractivity (Wildman–Crippen MR) is 78.9 cm³/mol. The van der Waals surface area contributed by atoms with Crippen LogP contribution in [0.4, 0.5) is 4.39 Å². The van der Waals surface area contributed by atoms with E-state index in [0.717, 1.165) is 4.47 Å². The third kappa shape index (κ3) is 3.36. The summed E-state index contributed by atoms with van der Waals surface area (Å²) in [6, 6.07) is 11.8. The minimum Gasteiger partial charge on any atom is -0.488 e. The number of oxime groups is 1. The molecule has 0 heterocycles. The molecule has 0 saturated heterocycles. The number of ether oxygens (including phenoxy) is 1. The van der Waals surface area contributed by atoms with Gasteiger partial charge in [-0.25, -0.2) is 4.39 Å². The van der Waals surface area contributed by atoms with Crippen LogP contribution in [0.15, 0.2) is 52.1 Å². The van der Waals surface area contributed by atoms with Gasteiger partial charge in [0.15, 0.2) is 0 Å². The molecule has 0 saturated carbocycles. The smallest absolute Gasteiger partial charge is 0.129 e. The first-order valence-electron chi connectivity index (χ1n) is 5.96. The Morgan fingerprint density at radius 1 is 1.30 bits per heavy atom. The zero-order valence-corrected chi connectivity index (χ0v) is 12.4. The van der Waals surface area contributed by atoms with Gasteiger partial charge < -0.3 is 9.94 Å². The van der Waals surface area contributed by atoms with Crippen LogP contribution in [0.3, 0.4) is 0 Å². The highest BCUT2D eigenvalue weighted by molar-refractivity contribution is 9.10. The highest BCUT2D eigenvalue weighted by atomic mass is 79.9. The van der Waals surface area contributed by atoms with E-state index in [1.165, 1.54) is 6.07 Å². The number of hydrogen-bond acceptors (Lipinski definition) is 3. The monoisotopic (exact) mass is 337 g/mol. The molecular weight excluding hydrogens is 325 g/mol. The van der Waals surface area contributed by atoms with E-state index in [1.54, 1.807) is 37.3 Å². The highest BCUT2D eigenvalue weighted by Crippen LogP contribution is 2.22.